The van der Waals surface area contributed by atoms with Crippen LogP contribution >= 0.6 is 0 Å². The summed E-state index contributed by atoms with van der Waals surface area (Å²) in [6.07, 6.45) is 6.78. The second kappa shape index (κ2) is 7.31. The van der Waals surface area contributed by atoms with Crippen LogP contribution in [0.5, 0.6) is 0 Å². The lowest BCUT2D eigenvalue weighted by Gasteiger charge is -2.23. The molecule has 2 fully saturated rings. The fraction of sp³-hybridized carbons (Fsp3) is 0.304. The molecule has 2 N–H and O–H groups in total. The Bertz CT molecular complexity index is 1070. The first kappa shape index (κ1) is 19.4. The molecule has 0 radical (unpaired) electrons. The van der Waals surface area contributed by atoms with Gasteiger partial charge in [0.05, 0.1) is 24.5 Å². The molecule has 31 heavy (non-hydrogen) atoms. The lowest BCUT2D eigenvalue weighted by molar-refractivity contribution is -0.132. The number of anilines is 2. The summed E-state index contributed by atoms with van der Waals surface area (Å²) in [7, 11) is 0. The molecule has 2 bridgehead atoms. The summed E-state index contributed by atoms with van der Waals surface area (Å²) in [5.41, 5.74) is 1.53. The third-order valence-corrected chi connectivity index (χ3v) is 6.12. The van der Waals surface area contributed by atoms with Gasteiger partial charge in [0.1, 0.15) is 5.60 Å². The SMILES string of the molecule is CC(=O)Nc1ccc(N2C[C@@]34C=C[C@@H](O3)[C@@H](C(=O)NCc3ccncc3)[C@H]4C2=O)cc1. The lowest BCUT2D eigenvalue weighted by atomic mass is 9.77. The molecule has 4 heterocycles. The van der Waals surface area contributed by atoms with E-state index in [0.717, 1.165) is 5.56 Å². The van der Waals surface area contributed by atoms with E-state index in [1.165, 1.54) is 6.92 Å². The van der Waals surface area contributed by atoms with Crippen LogP contribution in [0.25, 0.3) is 0 Å². The summed E-state index contributed by atoms with van der Waals surface area (Å²) in [4.78, 5) is 43.3. The summed E-state index contributed by atoms with van der Waals surface area (Å²) >= 11 is 0. The van der Waals surface area contributed by atoms with Gasteiger partial charge in [-0.15, -0.1) is 0 Å². The molecular weight excluding hydrogens is 396 g/mol. The van der Waals surface area contributed by atoms with Crippen LogP contribution in [0.1, 0.15) is 12.5 Å². The number of hydrogen-bond acceptors (Lipinski definition) is 5. The van der Waals surface area contributed by atoms with Crippen LogP contribution in [0.2, 0.25) is 0 Å². The number of benzene rings is 1. The molecule has 158 valence electrons. The van der Waals surface area contributed by atoms with E-state index in [2.05, 4.69) is 15.6 Å². The molecule has 4 atom stereocenters. The quantitative estimate of drug-likeness (QED) is 0.719. The minimum atomic E-state index is -0.781. The van der Waals surface area contributed by atoms with E-state index >= 15 is 0 Å². The van der Waals surface area contributed by atoms with Crippen molar-refractivity contribution >= 4 is 29.1 Å². The highest BCUT2D eigenvalue weighted by Gasteiger charge is 2.67. The zero-order valence-corrected chi connectivity index (χ0v) is 16.9. The molecule has 3 amide bonds. The summed E-state index contributed by atoms with van der Waals surface area (Å²) in [6, 6.07) is 10.8. The van der Waals surface area contributed by atoms with Gasteiger partial charge in [-0.3, -0.25) is 19.4 Å². The van der Waals surface area contributed by atoms with E-state index in [1.807, 2.05) is 24.3 Å². The highest BCUT2D eigenvalue weighted by Crippen LogP contribution is 2.52. The average Bonchev–Trinajstić information content (AvgIpc) is 3.41. The minimum Gasteiger partial charge on any atom is -0.360 e. The van der Waals surface area contributed by atoms with Crippen molar-refractivity contribution in [2.24, 2.45) is 11.8 Å². The van der Waals surface area contributed by atoms with Crippen molar-refractivity contribution < 1.29 is 19.1 Å². The number of fused-ring (bicyclic) bond motifs is 1. The molecule has 5 rings (SSSR count). The normalized spacial score (nSPS) is 28.0. The van der Waals surface area contributed by atoms with Gasteiger partial charge in [-0.05, 0) is 42.0 Å². The standard InChI is InChI=1S/C23H22N4O4/c1-14(28)26-16-2-4-17(5-3-16)27-13-23-9-6-18(31-23)19(20(23)22(27)30)21(29)25-12-15-7-10-24-11-8-15/h2-11,18-20H,12-13H2,1H3,(H,25,29)(H,26,28)/t18-,19-,20+,23-/m1/s1. The van der Waals surface area contributed by atoms with E-state index in [-0.39, 0.29) is 17.7 Å². The van der Waals surface area contributed by atoms with Crippen LogP contribution in [-0.2, 0) is 25.7 Å². The molecule has 1 aromatic heterocycles. The van der Waals surface area contributed by atoms with Crippen molar-refractivity contribution in [3.05, 3.63) is 66.5 Å². The Labute approximate surface area is 179 Å². The van der Waals surface area contributed by atoms with Crippen molar-refractivity contribution in [3.63, 3.8) is 0 Å². The molecule has 2 aromatic rings. The topological polar surface area (TPSA) is 101 Å². The Balaban J connectivity index is 1.34. The molecule has 3 aliphatic rings. The maximum atomic E-state index is 13.4. The van der Waals surface area contributed by atoms with Gasteiger partial charge in [0.2, 0.25) is 17.7 Å². The van der Waals surface area contributed by atoms with E-state index in [0.29, 0.717) is 24.5 Å². The number of pyridine rings is 1. The molecule has 3 aliphatic heterocycles. The predicted molar refractivity (Wildman–Crippen MR) is 113 cm³/mol. The van der Waals surface area contributed by atoms with Gasteiger partial charge in [0, 0.05) is 37.2 Å². The lowest BCUT2D eigenvalue weighted by Crippen LogP contribution is -2.43. The van der Waals surface area contributed by atoms with Gasteiger partial charge in [0.15, 0.2) is 0 Å². The van der Waals surface area contributed by atoms with Crippen LogP contribution in [0.3, 0.4) is 0 Å². The third kappa shape index (κ3) is 3.29. The number of nitrogens with zero attached hydrogens (tertiary/aromatic N) is 2. The number of nitrogens with one attached hydrogen (secondary N) is 2. The number of hydrogen-bond donors (Lipinski definition) is 2. The van der Waals surface area contributed by atoms with Gasteiger partial charge in [-0.2, -0.15) is 0 Å². The van der Waals surface area contributed by atoms with Gasteiger partial charge < -0.3 is 20.3 Å². The van der Waals surface area contributed by atoms with Crippen LogP contribution in [-0.4, -0.2) is 41.0 Å². The fourth-order valence-electron chi connectivity index (χ4n) is 4.75. The summed E-state index contributed by atoms with van der Waals surface area (Å²) in [6.45, 7) is 2.17. The van der Waals surface area contributed by atoms with E-state index in [1.54, 1.807) is 41.6 Å². The molecular formula is C23H22N4O4. The monoisotopic (exact) mass is 418 g/mol. The zero-order chi connectivity index (χ0) is 21.6. The Hall–Kier alpha value is -3.52. The van der Waals surface area contributed by atoms with Crippen molar-refractivity contribution in [1.29, 1.82) is 0 Å². The van der Waals surface area contributed by atoms with E-state index in [9.17, 15) is 14.4 Å². The van der Waals surface area contributed by atoms with Crippen molar-refractivity contribution in [2.45, 2.75) is 25.2 Å². The number of aromatic nitrogens is 1. The zero-order valence-electron chi connectivity index (χ0n) is 16.9. The minimum absolute atomic E-state index is 0.122. The van der Waals surface area contributed by atoms with Crippen LogP contribution < -0.4 is 15.5 Å². The molecule has 1 spiro atoms. The third-order valence-electron chi connectivity index (χ3n) is 6.12. The number of rotatable bonds is 5. The fourth-order valence-corrected chi connectivity index (χ4v) is 4.75. The molecule has 0 unspecified atom stereocenters. The smallest absolute Gasteiger partial charge is 0.234 e. The van der Waals surface area contributed by atoms with Gasteiger partial charge in [-0.25, -0.2) is 0 Å². The first-order valence-corrected chi connectivity index (χ1v) is 10.2. The Morgan fingerprint density at radius 1 is 1.19 bits per heavy atom. The summed E-state index contributed by atoms with van der Waals surface area (Å²) in [5, 5.41) is 5.66. The van der Waals surface area contributed by atoms with Gasteiger partial charge >= 0.3 is 0 Å². The highest BCUT2D eigenvalue weighted by atomic mass is 16.5. The first-order chi connectivity index (χ1) is 15.0. The largest absolute Gasteiger partial charge is 0.360 e. The average molecular weight is 418 g/mol. The van der Waals surface area contributed by atoms with Crippen molar-refractivity contribution in [2.75, 3.05) is 16.8 Å². The molecule has 0 saturated carbocycles. The van der Waals surface area contributed by atoms with E-state index < -0.39 is 23.5 Å². The second-order valence-electron chi connectivity index (χ2n) is 8.13. The van der Waals surface area contributed by atoms with Gasteiger partial charge in [-0.1, -0.05) is 12.2 Å². The molecule has 8 heteroatoms. The number of amides is 3. The number of ether oxygens (including phenoxy) is 1. The molecule has 1 aromatic carbocycles. The van der Waals surface area contributed by atoms with Crippen molar-refractivity contribution in [3.8, 4) is 0 Å². The second-order valence-corrected chi connectivity index (χ2v) is 8.13. The predicted octanol–water partition coefficient (Wildman–Crippen LogP) is 1.64. The first-order valence-electron chi connectivity index (χ1n) is 10.2. The van der Waals surface area contributed by atoms with Crippen molar-refractivity contribution in [1.82, 2.24) is 10.3 Å². The highest BCUT2D eigenvalue weighted by molar-refractivity contribution is 6.03. The van der Waals surface area contributed by atoms with Crippen LogP contribution in [0.4, 0.5) is 11.4 Å². The summed E-state index contributed by atoms with van der Waals surface area (Å²) < 4.78 is 6.17. The Kier molecular flexibility index (Phi) is 4.59. The molecule has 8 nitrogen and oxygen atoms in total. The number of carbonyl (C=O) groups is 3. The molecule has 0 aliphatic carbocycles. The van der Waals surface area contributed by atoms with Gasteiger partial charge in [0.25, 0.3) is 0 Å². The number of carbonyl (C=O) groups excluding carboxylic acids is 3. The van der Waals surface area contributed by atoms with Crippen LogP contribution in [0.15, 0.2) is 60.9 Å². The molecule has 2 saturated heterocycles. The maximum Gasteiger partial charge on any atom is 0.234 e. The van der Waals surface area contributed by atoms with Crippen LogP contribution in [0, 0.1) is 11.8 Å². The Morgan fingerprint density at radius 2 is 1.94 bits per heavy atom. The summed E-state index contributed by atoms with van der Waals surface area (Å²) in [5.74, 6) is -1.59. The Morgan fingerprint density at radius 3 is 2.65 bits per heavy atom. The van der Waals surface area contributed by atoms with E-state index in [4.69, 9.17) is 4.74 Å². The maximum absolute atomic E-state index is 13.4.